The number of nitrogen functional groups attached to an aromatic ring is 1. The Morgan fingerprint density at radius 3 is 2.48 bits per heavy atom. The van der Waals surface area contributed by atoms with Gasteiger partial charge in [-0.25, -0.2) is 0 Å². The third kappa shape index (κ3) is 2.74. The van der Waals surface area contributed by atoms with Gasteiger partial charge in [0.15, 0.2) is 0 Å². The number of benzene rings is 1. The lowest BCUT2D eigenvalue weighted by Crippen LogP contribution is -2.22. The fourth-order valence-corrected chi connectivity index (χ4v) is 3.33. The first kappa shape index (κ1) is 15.4. The molecule has 0 aliphatic heterocycles. The molecule has 21 heavy (non-hydrogen) atoms. The van der Waals surface area contributed by atoms with Gasteiger partial charge in [0.2, 0.25) is 0 Å². The minimum absolute atomic E-state index is 0.0691. The van der Waals surface area contributed by atoms with Gasteiger partial charge < -0.3 is 15.4 Å². The van der Waals surface area contributed by atoms with Crippen LogP contribution in [0.15, 0.2) is 18.2 Å². The summed E-state index contributed by atoms with van der Waals surface area (Å²) in [4.78, 5) is 15.0. The lowest BCUT2D eigenvalue weighted by molar-refractivity contribution is 0.0829. The predicted molar refractivity (Wildman–Crippen MR) is 88.2 cm³/mol. The van der Waals surface area contributed by atoms with Gasteiger partial charge in [-0.2, -0.15) is 0 Å². The van der Waals surface area contributed by atoms with Gasteiger partial charge in [0, 0.05) is 24.5 Å². The molecule has 0 spiro atoms. The Balaban J connectivity index is 2.64. The highest BCUT2D eigenvalue weighted by Crippen LogP contribution is 2.39. The number of nitrogens with zero attached hydrogens (tertiary/aromatic N) is 1. The molecule has 0 radical (unpaired) electrons. The summed E-state index contributed by atoms with van der Waals surface area (Å²) in [6.07, 6.45) is 0. The largest absolute Gasteiger partial charge is 0.496 e. The first-order chi connectivity index (χ1) is 9.86. The Hall–Kier alpha value is -2.01. The van der Waals surface area contributed by atoms with E-state index in [2.05, 4.69) is 0 Å². The lowest BCUT2D eigenvalue weighted by Gasteiger charge is -2.13. The monoisotopic (exact) mass is 304 g/mol. The van der Waals surface area contributed by atoms with Gasteiger partial charge in [0.25, 0.3) is 5.91 Å². The molecule has 0 aliphatic carbocycles. The van der Waals surface area contributed by atoms with E-state index in [0.717, 1.165) is 27.3 Å². The maximum absolute atomic E-state index is 12.4. The predicted octanol–water partition coefficient (Wildman–Crippen LogP) is 3.32. The van der Waals surface area contributed by atoms with Crippen LogP contribution in [0.2, 0.25) is 0 Å². The van der Waals surface area contributed by atoms with E-state index < -0.39 is 0 Å². The van der Waals surface area contributed by atoms with Crippen LogP contribution in [0.3, 0.4) is 0 Å². The van der Waals surface area contributed by atoms with Crippen LogP contribution in [0.4, 0.5) is 5.00 Å². The van der Waals surface area contributed by atoms with E-state index >= 15 is 0 Å². The second-order valence-corrected chi connectivity index (χ2v) is 6.41. The minimum atomic E-state index is -0.0691. The van der Waals surface area contributed by atoms with Gasteiger partial charge in [0.1, 0.15) is 5.75 Å². The zero-order valence-corrected chi connectivity index (χ0v) is 13.8. The summed E-state index contributed by atoms with van der Waals surface area (Å²) in [5.74, 6) is 0.764. The Labute approximate surface area is 129 Å². The molecule has 2 rings (SSSR count). The molecule has 1 heterocycles. The summed E-state index contributed by atoms with van der Waals surface area (Å²) in [6, 6.07) is 5.91. The molecule has 0 unspecified atom stereocenters. The van der Waals surface area contributed by atoms with Crippen LogP contribution >= 0.6 is 11.3 Å². The van der Waals surface area contributed by atoms with Gasteiger partial charge in [-0.3, -0.25) is 4.79 Å². The van der Waals surface area contributed by atoms with Gasteiger partial charge in [0.05, 0.1) is 17.7 Å². The van der Waals surface area contributed by atoms with Crippen molar-refractivity contribution in [3.05, 3.63) is 34.2 Å². The molecule has 1 aromatic heterocycles. The molecule has 4 nitrogen and oxygen atoms in total. The first-order valence-electron chi connectivity index (χ1n) is 6.62. The van der Waals surface area contributed by atoms with Gasteiger partial charge in [-0.05, 0) is 37.1 Å². The van der Waals surface area contributed by atoms with E-state index in [4.69, 9.17) is 10.5 Å². The van der Waals surface area contributed by atoms with Crippen LogP contribution in [0.25, 0.3) is 11.1 Å². The van der Waals surface area contributed by atoms with Crippen molar-refractivity contribution in [2.45, 2.75) is 13.8 Å². The highest BCUT2D eigenvalue weighted by Gasteiger charge is 2.23. The summed E-state index contributed by atoms with van der Waals surface area (Å²) in [5, 5.41) is 0.565. The Kier molecular flexibility index (Phi) is 4.23. The van der Waals surface area contributed by atoms with E-state index in [9.17, 15) is 4.79 Å². The van der Waals surface area contributed by atoms with Crippen molar-refractivity contribution < 1.29 is 9.53 Å². The van der Waals surface area contributed by atoms with Crippen molar-refractivity contribution in [1.29, 1.82) is 0 Å². The summed E-state index contributed by atoms with van der Waals surface area (Å²) < 4.78 is 5.29. The number of hydrogen-bond donors (Lipinski definition) is 1. The summed E-state index contributed by atoms with van der Waals surface area (Å²) in [6.45, 7) is 3.98. The smallest absolute Gasteiger partial charge is 0.256 e. The highest BCUT2D eigenvalue weighted by molar-refractivity contribution is 7.16. The normalized spacial score (nSPS) is 10.5. The number of carbonyl (C=O) groups is 1. The molecule has 0 saturated carbocycles. The maximum atomic E-state index is 12.4. The lowest BCUT2D eigenvalue weighted by atomic mass is 9.98. The highest BCUT2D eigenvalue weighted by atomic mass is 32.1. The summed E-state index contributed by atoms with van der Waals surface area (Å²) in [5.41, 5.74) is 9.59. The van der Waals surface area contributed by atoms with Gasteiger partial charge in [-0.15, -0.1) is 11.3 Å². The van der Waals surface area contributed by atoms with Gasteiger partial charge in [-0.1, -0.05) is 6.07 Å². The van der Waals surface area contributed by atoms with E-state index in [0.29, 0.717) is 10.6 Å². The number of methoxy groups -OCH3 is 1. The number of aryl methyl sites for hydroxylation is 2. The van der Waals surface area contributed by atoms with Crippen molar-refractivity contribution in [2.24, 2.45) is 0 Å². The molecule has 0 saturated heterocycles. The Bertz CT molecular complexity index is 690. The average Bonchev–Trinajstić information content (AvgIpc) is 2.72. The molecule has 1 amide bonds. The van der Waals surface area contributed by atoms with Crippen LogP contribution in [-0.2, 0) is 0 Å². The molecular weight excluding hydrogens is 284 g/mol. The van der Waals surface area contributed by atoms with E-state index in [1.807, 2.05) is 32.0 Å². The molecule has 1 aromatic carbocycles. The summed E-state index contributed by atoms with van der Waals surface area (Å²) >= 11 is 1.45. The van der Waals surface area contributed by atoms with E-state index in [1.54, 1.807) is 26.1 Å². The SMILES string of the molecule is COc1ccc(-c2c(C)sc(N)c2C(=O)N(C)C)cc1C. The van der Waals surface area contributed by atoms with Crippen molar-refractivity contribution in [2.75, 3.05) is 26.9 Å². The van der Waals surface area contributed by atoms with E-state index in [-0.39, 0.29) is 5.91 Å². The number of hydrogen-bond acceptors (Lipinski definition) is 4. The Morgan fingerprint density at radius 1 is 1.29 bits per heavy atom. The number of thiophene rings is 1. The number of ether oxygens (including phenoxy) is 1. The van der Waals surface area contributed by atoms with Crippen LogP contribution in [-0.4, -0.2) is 32.0 Å². The molecule has 0 bridgehead atoms. The first-order valence-corrected chi connectivity index (χ1v) is 7.44. The van der Waals surface area contributed by atoms with Crippen molar-refractivity contribution >= 4 is 22.2 Å². The second kappa shape index (κ2) is 5.77. The number of amides is 1. The number of anilines is 1. The number of carbonyl (C=O) groups excluding carboxylic acids is 1. The van der Waals surface area contributed by atoms with Crippen LogP contribution in [0.5, 0.6) is 5.75 Å². The summed E-state index contributed by atoms with van der Waals surface area (Å²) in [7, 11) is 5.12. The van der Waals surface area contributed by atoms with Crippen molar-refractivity contribution in [1.82, 2.24) is 4.90 Å². The fraction of sp³-hybridized carbons (Fsp3) is 0.312. The van der Waals surface area contributed by atoms with Crippen molar-refractivity contribution in [3.63, 3.8) is 0 Å². The molecule has 2 aromatic rings. The Morgan fingerprint density at radius 2 is 1.95 bits per heavy atom. The quantitative estimate of drug-likeness (QED) is 0.946. The minimum Gasteiger partial charge on any atom is -0.496 e. The third-order valence-electron chi connectivity index (χ3n) is 3.42. The molecule has 0 fully saturated rings. The number of rotatable bonds is 3. The zero-order chi connectivity index (χ0) is 15.7. The van der Waals surface area contributed by atoms with Crippen LogP contribution < -0.4 is 10.5 Å². The molecule has 5 heteroatoms. The molecule has 112 valence electrons. The standard InChI is InChI=1S/C16H20N2O2S/c1-9-8-11(6-7-12(9)20-5)13-10(2)21-15(17)14(13)16(19)18(3)4/h6-8H,17H2,1-5H3. The zero-order valence-electron chi connectivity index (χ0n) is 13.0. The number of nitrogens with two attached hydrogens (primary N) is 1. The molecule has 0 aliphatic rings. The van der Waals surface area contributed by atoms with Crippen molar-refractivity contribution in [3.8, 4) is 16.9 Å². The second-order valence-electron chi connectivity index (χ2n) is 5.16. The average molecular weight is 304 g/mol. The molecule has 2 N–H and O–H groups in total. The third-order valence-corrected chi connectivity index (χ3v) is 4.35. The van der Waals surface area contributed by atoms with Gasteiger partial charge >= 0.3 is 0 Å². The molecule has 0 atom stereocenters. The van der Waals surface area contributed by atoms with Crippen LogP contribution in [0.1, 0.15) is 20.8 Å². The topological polar surface area (TPSA) is 55.6 Å². The van der Waals surface area contributed by atoms with E-state index in [1.165, 1.54) is 11.3 Å². The molecular formula is C16H20N2O2S. The maximum Gasteiger partial charge on any atom is 0.256 e. The van der Waals surface area contributed by atoms with Crippen LogP contribution in [0, 0.1) is 13.8 Å². The fourth-order valence-electron chi connectivity index (χ4n) is 2.38.